The predicted octanol–water partition coefficient (Wildman–Crippen LogP) is 5.49. The molecule has 8 nitrogen and oxygen atoms in total. The number of rotatable bonds is 6. The Morgan fingerprint density at radius 2 is 1.67 bits per heavy atom. The van der Waals surface area contributed by atoms with E-state index in [1.165, 1.54) is 12.1 Å². The lowest BCUT2D eigenvalue weighted by atomic mass is 9.57. The zero-order valence-electron chi connectivity index (χ0n) is 22.7. The smallest absolute Gasteiger partial charge is 0.224 e. The Morgan fingerprint density at radius 3 is 2.41 bits per heavy atom. The number of anilines is 1. The molecule has 2 aromatic rings. The lowest BCUT2D eigenvalue weighted by Crippen LogP contribution is -2.70. The van der Waals surface area contributed by atoms with Gasteiger partial charge in [-0.25, -0.2) is 18.2 Å². The first-order valence-corrected chi connectivity index (χ1v) is 15.5. The van der Waals surface area contributed by atoms with Crippen LogP contribution in [0.2, 0.25) is 0 Å². The fraction of sp³-hybridized carbons (Fsp3) is 0.567. The van der Waals surface area contributed by atoms with Gasteiger partial charge in [-0.2, -0.15) is 0 Å². The second-order valence-corrected chi connectivity index (χ2v) is 13.8. The van der Waals surface area contributed by atoms with Crippen LogP contribution in [0.25, 0.3) is 0 Å². The van der Waals surface area contributed by atoms with Crippen molar-refractivity contribution >= 4 is 21.4 Å². The first-order chi connectivity index (χ1) is 18.6. The number of benzene rings is 2. The maximum atomic E-state index is 12.9. The highest BCUT2D eigenvalue weighted by atomic mass is 32.2. The summed E-state index contributed by atoms with van der Waals surface area (Å²) < 4.78 is 38.6. The van der Waals surface area contributed by atoms with Crippen molar-refractivity contribution in [2.75, 3.05) is 5.32 Å². The van der Waals surface area contributed by atoms with Crippen molar-refractivity contribution in [1.82, 2.24) is 0 Å². The number of carbonyl (C=O) groups excluding carboxylic acids is 1. The van der Waals surface area contributed by atoms with Crippen LogP contribution in [0.3, 0.4) is 0 Å². The third-order valence-electron chi connectivity index (χ3n) is 9.45. The summed E-state index contributed by atoms with van der Waals surface area (Å²) in [4.78, 5) is 25.4. The molecule has 1 N–H and O–H groups in total. The van der Waals surface area contributed by atoms with Crippen LogP contribution >= 0.6 is 0 Å². The van der Waals surface area contributed by atoms with E-state index in [1.807, 2.05) is 6.92 Å². The lowest BCUT2D eigenvalue weighted by Gasteiger charge is -2.60. The third kappa shape index (κ3) is 4.62. The summed E-state index contributed by atoms with van der Waals surface area (Å²) in [5.41, 5.74) is -0.0520. The van der Waals surface area contributed by atoms with E-state index in [1.54, 1.807) is 42.5 Å². The third-order valence-corrected chi connectivity index (χ3v) is 11.2. The van der Waals surface area contributed by atoms with E-state index in [4.69, 9.17) is 19.2 Å². The number of hydrogen-bond acceptors (Lipinski definition) is 7. The molecule has 4 heterocycles. The number of nitrogens with one attached hydrogen (secondary N) is 1. The molecule has 5 aliphatic rings. The van der Waals surface area contributed by atoms with Crippen molar-refractivity contribution in [3.8, 4) is 0 Å². The first kappa shape index (κ1) is 26.9. The number of hydrogen-bond donors (Lipinski definition) is 1. The molecule has 5 fully saturated rings. The number of fused-ring (bicyclic) bond motifs is 2. The maximum Gasteiger partial charge on any atom is 0.224 e. The molecule has 9 heteroatoms. The Kier molecular flexibility index (Phi) is 6.87. The fourth-order valence-electron chi connectivity index (χ4n) is 7.26. The van der Waals surface area contributed by atoms with Crippen molar-refractivity contribution in [3.05, 3.63) is 54.6 Å². The highest BCUT2D eigenvalue weighted by Crippen LogP contribution is 2.60. The normalized spacial score (nSPS) is 37.5. The van der Waals surface area contributed by atoms with E-state index in [2.05, 4.69) is 19.2 Å². The summed E-state index contributed by atoms with van der Waals surface area (Å²) in [6, 6.07) is 14.6. The summed E-state index contributed by atoms with van der Waals surface area (Å²) in [6.07, 6.45) is 4.08. The van der Waals surface area contributed by atoms with Gasteiger partial charge in [0, 0.05) is 24.4 Å². The minimum atomic E-state index is -3.61. The average Bonchev–Trinajstić information content (AvgIpc) is 3.16. The van der Waals surface area contributed by atoms with E-state index in [-0.39, 0.29) is 40.1 Å². The minimum absolute atomic E-state index is 0.143. The Labute approximate surface area is 230 Å². The average molecular weight is 556 g/mol. The molecule has 4 aliphatic heterocycles. The van der Waals surface area contributed by atoms with Gasteiger partial charge in [0.25, 0.3) is 0 Å². The van der Waals surface area contributed by atoms with Crippen molar-refractivity contribution < 1.29 is 32.5 Å². The highest BCUT2D eigenvalue weighted by Gasteiger charge is 2.69. The molecule has 0 radical (unpaired) electrons. The van der Waals surface area contributed by atoms with Gasteiger partial charge in [0.2, 0.25) is 21.5 Å². The van der Waals surface area contributed by atoms with Gasteiger partial charge in [0.1, 0.15) is 0 Å². The van der Waals surface area contributed by atoms with Crippen molar-refractivity contribution in [1.29, 1.82) is 0 Å². The SMILES string of the molecule is C[C@H]1[C@@H](CCC(=O)Nc2ccc(S(=O)(=O)c3ccccc3)cc2)O[C@@H]2O[C@@]3(C)CC[C@H]4[C@H](C)CC[C@@H]1[C@@]24OO3. The van der Waals surface area contributed by atoms with Crippen LogP contribution in [-0.4, -0.2) is 38.1 Å². The molecular formula is C30H37NO7S. The fourth-order valence-corrected chi connectivity index (χ4v) is 8.54. The molecule has 1 saturated carbocycles. The first-order valence-electron chi connectivity index (χ1n) is 14.0. The molecule has 0 aromatic heterocycles. The Balaban J connectivity index is 1.11. The van der Waals surface area contributed by atoms with Gasteiger partial charge in [-0.3, -0.25) is 4.79 Å². The summed E-state index contributed by atoms with van der Waals surface area (Å²) in [7, 11) is -3.61. The molecule has 2 aromatic carbocycles. The molecule has 210 valence electrons. The molecule has 7 rings (SSSR count). The molecule has 1 aliphatic carbocycles. The number of sulfone groups is 1. The zero-order valence-corrected chi connectivity index (χ0v) is 23.5. The van der Waals surface area contributed by atoms with Crippen LogP contribution in [0, 0.1) is 23.7 Å². The largest absolute Gasteiger partial charge is 0.346 e. The van der Waals surface area contributed by atoms with Crippen LogP contribution in [0.1, 0.15) is 59.3 Å². The van der Waals surface area contributed by atoms with Gasteiger partial charge in [0.05, 0.1) is 15.9 Å². The summed E-state index contributed by atoms with van der Waals surface area (Å²) in [5, 5.41) is 2.90. The summed E-state index contributed by atoms with van der Waals surface area (Å²) >= 11 is 0. The number of amides is 1. The second kappa shape index (κ2) is 9.96. The van der Waals surface area contributed by atoms with E-state index >= 15 is 0 Å². The van der Waals surface area contributed by atoms with Gasteiger partial charge in [0.15, 0.2) is 11.9 Å². The van der Waals surface area contributed by atoms with E-state index in [0.717, 1.165) is 25.7 Å². The van der Waals surface area contributed by atoms with Gasteiger partial charge in [-0.1, -0.05) is 32.0 Å². The van der Waals surface area contributed by atoms with Crippen molar-refractivity contribution in [3.63, 3.8) is 0 Å². The molecule has 39 heavy (non-hydrogen) atoms. The molecule has 8 atom stereocenters. The van der Waals surface area contributed by atoms with Gasteiger partial charge in [-0.15, -0.1) is 0 Å². The Bertz CT molecular complexity index is 1320. The zero-order chi connectivity index (χ0) is 27.4. The monoisotopic (exact) mass is 555 g/mol. The van der Waals surface area contributed by atoms with Crippen molar-refractivity contribution in [2.24, 2.45) is 23.7 Å². The highest BCUT2D eigenvalue weighted by molar-refractivity contribution is 7.91. The molecule has 2 bridgehead atoms. The Hall–Kier alpha value is -2.30. The maximum absolute atomic E-state index is 12.9. The van der Waals surface area contributed by atoms with Gasteiger partial charge >= 0.3 is 0 Å². The van der Waals surface area contributed by atoms with E-state index < -0.39 is 27.5 Å². The quantitative estimate of drug-likeness (QED) is 0.471. The summed E-state index contributed by atoms with van der Waals surface area (Å²) in [5.74, 6) is 0.262. The second-order valence-electron chi connectivity index (χ2n) is 11.9. The van der Waals surface area contributed by atoms with E-state index in [0.29, 0.717) is 23.9 Å². The molecule has 4 saturated heterocycles. The molecule has 0 unspecified atom stereocenters. The van der Waals surface area contributed by atoms with Crippen LogP contribution in [-0.2, 0) is 33.9 Å². The summed E-state index contributed by atoms with van der Waals surface area (Å²) in [6.45, 7) is 6.40. The lowest BCUT2D eigenvalue weighted by molar-refractivity contribution is -0.571. The van der Waals surface area contributed by atoms with Gasteiger partial charge < -0.3 is 14.8 Å². The molecule has 1 amide bonds. The van der Waals surface area contributed by atoms with E-state index in [9.17, 15) is 13.2 Å². The van der Waals surface area contributed by atoms with Crippen LogP contribution in [0.15, 0.2) is 64.4 Å². The number of carbonyl (C=O) groups is 1. The predicted molar refractivity (Wildman–Crippen MR) is 143 cm³/mol. The molecular weight excluding hydrogens is 518 g/mol. The number of ether oxygens (including phenoxy) is 2. The molecule has 1 spiro atoms. The Morgan fingerprint density at radius 1 is 0.949 bits per heavy atom. The van der Waals surface area contributed by atoms with Crippen LogP contribution < -0.4 is 5.32 Å². The van der Waals surface area contributed by atoms with Crippen molar-refractivity contribution in [2.45, 2.75) is 92.9 Å². The topological polar surface area (TPSA) is 100 Å². The standard InChI is InChI=1S/C30H37NO7S/c1-19-9-14-25-20(2)26(35-28-30(25)24(19)17-18-29(3,36-28)37-38-30)15-16-27(32)31-21-10-12-23(13-11-21)39(33,34)22-7-5-4-6-8-22/h4-8,10-13,19-20,24-26,28H,9,14-18H2,1-3H3,(H,31,32)/t19-,20-,24+,25+,26-,28-,29-,30-/m1/s1. The van der Waals surface area contributed by atoms with Crippen LogP contribution in [0.5, 0.6) is 0 Å². The van der Waals surface area contributed by atoms with Gasteiger partial charge in [-0.05, 0) is 86.8 Å². The minimum Gasteiger partial charge on any atom is -0.346 e. The van der Waals surface area contributed by atoms with Crippen LogP contribution in [0.4, 0.5) is 5.69 Å².